The maximum Gasteiger partial charge on any atom is 0.422 e. The quantitative estimate of drug-likeness (QED) is 0.632. The number of halogens is 4. The monoisotopic (exact) mass is 483 g/mol. The van der Waals surface area contributed by atoms with Crippen LogP contribution in [0.3, 0.4) is 0 Å². The summed E-state index contributed by atoms with van der Waals surface area (Å²) in [4.78, 5) is 32.0. The van der Waals surface area contributed by atoms with Gasteiger partial charge < -0.3 is 14.6 Å². The summed E-state index contributed by atoms with van der Waals surface area (Å²) in [5, 5.41) is 9.89. The average Bonchev–Trinajstić information content (AvgIpc) is 3.30. The maximum absolute atomic E-state index is 12.4. The number of fused-ring (bicyclic) bond motifs is 1. The van der Waals surface area contributed by atoms with Crippen LogP contribution < -0.4 is 9.64 Å². The molecule has 0 aliphatic carbocycles. The lowest BCUT2D eigenvalue weighted by Gasteiger charge is -2.28. The molecule has 2 aliphatic rings. The number of ether oxygens (including phenoxy) is 1. The Kier molecular flexibility index (Phi) is 6.35. The molecular formula is C22H21ClF3N3O4. The summed E-state index contributed by atoms with van der Waals surface area (Å²) >= 11 is 6.15. The van der Waals surface area contributed by atoms with Crippen LogP contribution in [-0.2, 0) is 16.1 Å². The molecule has 33 heavy (non-hydrogen) atoms. The average molecular weight is 484 g/mol. The molecule has 4 rings (SSSR count). The molecule has 3 atom stereocenters. The van der Waals surface area contributed by atoms with Gasteiger partial charge in [-0.1, -0.05) is 17.7 Å². The normalized spacial score (nSPS) is 21.9. The molecule has 1 N–H and O–H groups in total. The Morgan fingerprint density at radius 3 is 2.73 bits per heavy atom. The zero-order chi connectivity index (χ0) is 23.9. The molecule has 0 radical (unpaired) electrons. The van der Waals surface area contributed by atoms with Crippen LogP contribution in [0.5, 0.6) is 5.75 Å². The first kappa shape index (κ1) is 23.5. The molecule has 176 valence electrons. The minimum atomic E-state index is -4.48. The number of benzene rings is 1. The minimum Gasteiger partial charge on any atom is -0.483 e. The maximum atomic E-state index is 12.4. The third-order valence-corrected chi connectivity index (χ3v) is 6.20. The van der Waals surface area contributed by atoms with Crippen LogP contribution in [-0.4, -0.2) is 52.6 Å². The number of aldehydes is 1. The second-order valence-corrected chi connectivity index (χ2v) is 8.49. The van der Waals surface area contributed by atoms with E-state index < -0.39 is 24.9 Å². The lowest BCUT2D eigenvalue weighted by atomic mass is 10.0. The van der Waals surface area contributed by atoms with Gasteiger partial charge in [0.1, 0.15) is 17.9 Å². The molecule has 11 heteroatoms. The molecular weight excluding hydrogens is 463 g/mol. The number of carbonyl (C=O) groups excluding carboxylic acids is 2. The fraction of sp³-hybridized carbons (Fsp3) is 0.409. The van der Waals surface area contributed by atoms with E-state index in [2.05, 4.69) is 4.98 Å². The first-order valence-electron chi connectivity index (χ1n) is 10.2. The number of hydrogen-bond donors (Lipinski definition) is 1. The van der Waals surface area contributed by atoms with E-state index in [1.807, 2.05) is 11.8 Å². The van der Waals surface area contributed by atoms with Crippen LogP contribution in [0, 0.1) is 0 Å². The van der Waals surface area contributed by atoms with Gasteiger partial charge in [0, 0.05) is 24.3 Å². The number of anilines is 1. The zero-order valence-electron chi connectivity index (χ0n) is 17.6. The van der Waals surface area contributed by atoms with Gasteiger partial charge in [-0.2, -0.15) is 13.2 Å². The van der Waals surface area contributed by atoms with Gasteiger partial charge in [0.2, 0.25) is 5.91 Å². The van der Waals surface area contributed by atoms with E-state index in [4.69, 9.17) is 16.3 Å². The van der Waals surface area contributed by atoms with Crippen LogP contribution >= 0.6 is 11.6 Å². The van der Waals surface area contributed by atoms with Crippen LogP contribution in [0.1, 0.15) is 42.1 Å². The number of carbonyl (C=O) groups is 2. The van der Waals surface area contributed by atoms with Crippen molar-refractivity contribution >= 4 is 29.6 Å². The van der Waals surface area contributed by atoms with Crippen LogP contribution in [0.15, 0.2) is 30.5 Å². The third-order valence-electron chi connectivity index (χ3n) is 5.90. The number of amides is 1. The summed E-state index contributed by atoms with van der Waals surface area (Å²) in [5.41, 5.74) is 2.12. The Morgan fingerprint density at radius 2 is 2.12 bits per heavy atom. The van der Waals surface area contributed by atoms with Crippen molar-refractivity contribution in [2.24, 2.45) is 0 Å². The number of hydrogen-bond acceptors (Lipinski definition) is 6. The standard InChI is InChI=1S/C22H21ClF3N3O4/c1-12(13-2-3-19(17(23)6-13)33-11-22(24,25)26)28-9-16-15(18(28)10-30)4-5-27-21(16)29-8-14(31)7-20(29)32/h2-6,10,12,14,18,31H,7-9,11H2,1H3/t12?,14-,18?/m0/s1. The number of aliphatic hydroxyl groups excluding tert-OH is 1. The Balaban J connectivity index is 1.59. The highest BCUT2D eigenvalue weighted by atomic mass is 35.5. The number of aliphatic hydroxyl groups is 1. The molecule has 2 unspecified atom stereocenters. The summed E-state index contributed by atoms with van der Waals surface area (Å²) in [7, 11) is 0. The molecule has 1 saturated heterocycles. The van der Waals surface area contributed by atoms with E-state index in [9.17, 15) is 27.9 Å². The van der Waals surface area contributed by atoms with E-state index in [0.29, 0.717) is 23.5 Å². The molecule has 7 nitrogen and oxygen atoms in total. The number of nitrogens with zero attached hydrogens (tertiary/aromatic N) is 3. The van der Waals surface area contributed by atoms with Gasteiger partial charge in [0.15, 0.2) is 6.61 Å². The number of rotatable bonds is 6. The second kappa shape index (κ2) is 8.92. The smallest absolute Gasteiger partial charge is 0.422 e. The van der Waals surface area contributed by atoms with Gasteiger partial charge in [-0.05, 0) is 36.2 Å². The first-order chi connectivity index (χ1) is 15.6. The number of β-amino-alcohol motifs (C(OH)–C–C–N with tert-alkyl or cyclic N) is 1. The van der Waals surface area contributed by atoms with Gasteiger partial charge in [-0.25, -0.2) is 4.98 Å². The molecule has 0 bridgehead atoms. The van der Waals surface area contributed by atoms with E-state index in [-0.39, 0.29) is 35.7 Å². The molecule has 1 aromatic carbocycles. The van der Waals surface area contributed by atoms with Crippen molar-refractivity contribution in [1.82, 2.24) is 9.88 Å². The Labute approximate surface area is 192 Å². The summed E-state index contributed by atoms with van der Waals surface area (Å²) in [6.45, 7) is 0.851. The van der Waals surface area contributed by atoms with Gasteiger partial charge >= 0.3 is 6.18 Å². The zero-order valence-corrected chi connectivity index (χ0v) is 18.3. The van der Waals surface area contributed by atoms with Gasteiger partial charge in [-0.3, -0.25) is 14.6 Å². The van der Waals surface area contributed by atoms with Crippen molar-refractivity contribution in [3.05, 3.63) is 52.2 Å². The SMILES string of the molecule is CC(c1ccc(OCC(F)(F)F)c(Cl)c1)N1Cc2c(ccnc2N2C[C@@H](O)CC2=O)C1C=O. The van der Waals surface area contributed by atoms with E-state index in [1.54, 1.807) is 12.1 Å². The topological polar surface area (TPSA) is 83.0 Å². The number of alkyl halides is 3. The van der Waals surface area contributed by atoms with Crippen molar-refractivity contribution in [3.63, 3.8) is 0 Å². The molecule has 1 aromatic heterocycles. The molecule has 0 saturated carbocycles. The van der Waals surface area contributed by atoms with Crippen LogP contribution in [0.4, 0.5) is 19.0 Å². The summed E-state index contributed by atoms with van der Waals surface area (Å²) < 4.78 is 42.1. The van der Waals surface area contributed by atoms with E-state index in [0.717, 1.165) is 11.8 Å². The Bertz CT molecular complexity index is 1080. The van der Waals surface area contributed by atoms with Gasteiger partial charge in [0.25, 0.3) is 0 Å². The number of pyridine rings is 1. The molecule has 2 aromatic rings. The van der Waals surface area contributed by atoms with Crippen LogP contribution in [0.25, 0.3) is 0 Å². The van der Waals surface area contributed by atoms with Crippen LogP contribution in [0.2, 0.25) is 5.02 Å². The molecule has 0 spiro atoms. The highest BCUT2D eigenvalue weighted by molar-refractivity contribution is 6.32. The second-order valence-electron chi connectivity index (χ2n) is 8.09. The van der Waals surface area contributed by atoms with Crippen molar-refractivity contribution in [2.45, 2.75) is 44.3 Å². The van der Waals surface area contributed by atoms with Crippen molar-refractivity contribution < 1.29 is 32.6 Å². The predicted octanol–water partition coefficient (Wildman–Crippen LogP) is 3.59. The summed E-state index contributed by atoms with van der Waals surface area (Å²) in [6, 6.07) is 5.27. The predicted molar refractivity (Wildman–Crippen MR) is 113 cm³/mol. The Hall–Kier alpha value is -2.69. The van der Waals surface area contributed by atoms with E-state index >= 15 is 0 Å². The fourth-order valence-corrected chi connectivity index (χ4v) is 4.54. The highest BCUT2D eigenvalue weighted by Crippen LogP contribution is 2.43. The first-order valence-corrected chi connectivity index (χ1v) is 10.6. The largest absolute Gasteiger partial charge is 0.483 e. The van der Waals surface area contributed by atoms with Crippen molar-refractivity contribution in [1.29, 1.82) is 0 Å². The van der Waals surface area contributed by atoms with Crippen molar-refractivity contribution in [2.75, 3.05) is 18.1 Å². The lowest BCUT2D eigenvalue weighted by molar-refractivity contribution is -0.153. The van der Waals surface area contributed by atoms with Gasteiger partial charge in [-0.15, -0.1) is 0 Å². The molecule has 1 fully saturated rings. The lowest BCUT2D eigenvalue weighted by Crippen LogP contribution is -2.28. The van der Waals surface area contributed by atoms with Gasteiger partial charge in [0.05, 0.1) is 30.1 Å². The highest BCUT2D eigenvalue weighted by Gasteiger charge is 2.39. The number of aromatic nitrogens is 1. The van der Waals surface area contributed by atoms with E-state index in [1.165, 1.54) is 23.2 Å². The summed E-state index contributed by atoms with van der Waals surface area (Å²) in [6.07, 6.45) is -2.90. The summed E-state index contributed by atoms with van der Waals surface area (Å²) in [5.74, 6) is 0.0995. The molecule has 1 amide bonds. The van der Waals surface area contributed by atoms with Crippen molar-refractivity contribution in [3.8, 4) is 5.75 Å². The minimum absolute atomic E-state index is 0.0177. The Morgan fingerprint density at radius 1 is 1.36 bits per heavy atom. The third kappa shape index (κ3) is 4.68. The fourth-order valence-electron chi connectivity index (χ4n) is 4.29. The molecule has 2 aliphatic heterocycles. The molecule has 3 heterocycles.